The van der Waals surface area contributed by atoms with Gasteiger partial charge >= 0.3 is 0 Å². The molecule has 9 heteroatoms. The molecule has 0 aromatic heterocycles. The highest BCUT2D eigenvalue weighted by Crippen LogP contribution is 2.20. The van der Waals surface area contributed by atoms with Gasteiger partial charge in [-0.05, 0) is 44.1 Å². The van der Waals surface area contributed by atoms with Crippen LogP contribution in [-0.2, 0) is 16.6 Å². The van der Waals surface area contributed by atoms with Gasteiger partial charge < -0.3 is 10.6 Å². The van der Waals surface area contributed by atoms with E-state index in [1.807, 2.05) is 7.05 Å². The van der Waals surface area contributed by atoms with Crippen molar-refractivity contribution < 1.29 is 8.42 Å². The van der Waals surface area contributed by atoms with Crippen molar-refractivity contribution in [1.82, 2.24) is 19.8 Å². The zero-order valence-electron chi connectivity index (χ0n) is 19.0. The molecule has 0 amide bonds. The molecular formula is C22H38IN5O2S. The van der Waals surface area contributed by atoms with E-state index < -0.39 is 10.0 Å². The van der Waals surface area contributed by atoms with E-state index in [1.165, 1.54) is 11.8 Å². The van der Waals surface area contributed by atoms with E-state index in [1.54, 1.807) is 4.31 Å². The van der Waals surface area contributed by atoms with Gasteiger partial charge in [-0.15, -0.1) is 24.0 Å². The van der Waals surface area contributed by atoms with Gasteiger partial charge in [-0.2, -0.15) is 0 Å². The number of nitrogens with one attached hydrogen (secondary N) is 2. The third kappa shape index (κ3) is 8.18. The van der Waals surface area contributed by atoms with E-state index in [-0.39, 0.29) is 24.0 Å². The highest BCUT2D eigenvalue weighted by Gasteiger charge is 2.27. The number of guanidine groups is 1. The number of benzene rings is 1. The second-order valence-electron chi connectivity index (χ2n) is 8.73. The van der Waals surface area contributed by atoms with Gasteiger partial charge in [0, 0.05) is 51.9 Å². The third-order valence-corrected chi connectivity index (χ3v) is 7.71. The number of likely N-dealkylation sites (tertiary alicyclic amines) is 1. The molecule has 0 spiro atoms. The molecule has 2 unspecified atom stereocenters. The lowest BCUT2D eigenvalue weighted by Gasteiger charge is -2.38. The Kier molecular flexibility index (Phi) is 10.5. The Labute approximate surface area is 205 Å². The zero-order chi connectivity index (χ0) is 21.6. The topological polar surface area (TPSA) is 77.0 Å². The maximum atomic E-state index is 11.7. The minimum Gasteiger partial charge on any atom is -0.356 e. The van der Waals surface area contributed by atoms with Gasteiger partial charge in [-0.3, -0.25) is 9.89 Å². The number of aliphatic imine (C=N–C) groups is 1. The van der Waals surface area contributed by atoms with E-state index in [0.717, 1.165) is 51.3 Å². The molecule has 1 aromatic carbocycles. The summed E-state index contributed by atoms with van der Waals surface area (Å²) in [5.74, 6) is 1.34. The summed E-state index contributed by atoms with van der Waals surface area (Å²) >= 11 is 0. The van der Waals surface area contributed by atoms with Crippen molar-refractivity contribution in [2.75, 3.05) is 39.5 Å². The molecule has 31 heavy (non-hydrogen) atoms. The van der Waals surface area contributed by atoms with Crippen LogP contribution in [0.3, 0.4) is 0 Å². The van der Waals surface area contributed by atoms with Crippen LogP contribution in [0.4, 0.5) is 0 Å². The van der Waals surface area contributed by atoms with Crippen molar-refractivity contribution in [3.05, 3.63) is 35.9 Å². The molecule has 2 N–H and O–H groups in total. The number of nitrogens with zero attached hydrogens (tertiary/aromatic N) is 3. The SMILES string of the molecule is CN=C(NCC1CCN(S(C)(=O)=O)CC1)NC1CCN(Cc2ccccc2)C(C)C1.I. The molecule has 0 saturated carbocycles. The second-order valence-corrected chi connectivity index (χ2v) is 10.7. The van der Waals surface area contributed by atoms with Crippen LogP contribution in [0.5, 0.6) is 0 Å². The Morgan fingerprint density at radius 2 is 1.81 bits per heavy atom. The Morgan fingerprint density at radius 3 is 2.39 bits per heavy atom. The lowest BCUT2D eigenvalue weighted by Crippen LogP contribution is -2.52. The summed E-state index contributed by atoms with van der Waals surface area (Å²) in [6.45, 7) is 6.47. The van der Waals surface area contributed by atoms with E-state index in [4.69, 9.17) is 0 Å². The number of hydrogen-bond donors (Lipinski definition) is 2. The van der Waals surface area contributed by atoms with Crippen molar-refractivity contribution in [3.8, 4) is 0 Å². The van der Waals surface area contributed by atoms with Crippen molar-refractivity contribution in [1.29, 1.82) is 0 Å². The molecule has 2 heterocycles. The number of hydrogen-bond acceptors (Lipinski definition) is 4. The van der Waals surface area contributed by atoms with Crippen molar-refractivity contribution in [3.63, 3.8) is 0 Å². The summed E-state index contributed by atoms with van der Waals surface area (Å²) in [5, 5.41) is 7.06. The average Bonchev–Trinajstić information content (AvgIpc) is 2.73. The number of halogens is 1. The predicted molar refractivity (Wildman–Crippen MR) is 138 cm³/mol. The van der Waals surface area contributed by atoms with Crippen molar-refractivity contribution in [2.24, 2.45) is 10.9 Å². The van der Waals surface area contributed by atoms with Gasteiger partial charge in [-0.1, -0.05) is 30.3 Å². The third-order valence-electron chi connectivity index (χ3n) is 6.41. The second kappa shape index (κ2) is 12.4. The van der Waals surface area contributed by atoms with Crippen molar-refractivity contribution >= 4 is 40.0 Å². The zero-order valence-corrected chi connectivity index (χ0v) is 22.1. The first kappa shape index (κ1) is 26.3. The van der Waals surface area contributed by atoms with E-state index in [9.17, 15) is 8.42 Å². The quantitative estimate of drug-likeness (QED) is 0.316. The normalized spacial score (nSPS) is 24.4. The first-order chi connectivity index (χ1) is 14.3. The molecule has 0 radical (unpaired) electrons. The van der Waals surface area contributed by atoms with Crippen LogP contribution < -0.4 is 10.6 Å². The summed E-state index contributed by atoms with van der Waals surface area (Å²) < 4.78 is 24.9. The fourth-order valence-corrected chi connectivity index (χ4v) is 5.35. The number of sulfonamides is 1. The summed E-state index contributed by atoms with van der Waals surface area (Å²) in [6.07, 6.45) is 5.28. The first-order valence-corrected chi connectivity index (χ1v) is 12.9. The molecule has 176 valence electrons. The summed E-state index contributed by atoms with van der Waals surface area (Å²) in [5.41, 5.74) is 1.37. The summed E-state index contributed by atoms with van der Waals surface area (Å²) in [6, 6.07) is 11.6. The van der Waals surface area contributed by atoms with Crippen LogP contribution in [-0.4, -0.2) is 75.1 Å². The number of piperidine rings is 2. The number of rotatable bonds is 6. The fraction of sp³-hybridized carbons (Fsp3) is 0.682. The van der Waals surface area contributed by atoms with Gasteiger partial charge in [0.2, 0.25) is 10.0 Å². The van der Waals surface area contributed by atoms with E-state index in [2.05, 4.69) is 57.8 Å². The van der Waals surface area contributed by atoms with Gasteiger partial charge in [0.1, 0.15) is 0 Å². The maximum Gasteiger partial charge on any atom is 0.211 e. The Bertz CT molecular complexity index is 797. The molecule has 1 aromatic rings. The molecular weight excluding hydrogens is 525 g/mol. The van der Waals surface area contributed by atoms with Gasteiger partial charge in [0.05, 0.1) is 6.26 Å². The van der Waals surface area contributed by atoms with Crippen LogP contribution in [0.2, 0.25) is 0 Å². The molecule has 2 fully saturated rings. The Balaban J connectivity index is 0.00000341. The highest BCUT2D eigenvalue weighted by atomic mass is 127. The van der Waals surface area contributed by atoms with Gasteiger partial charge in [-0.25, -0.2) is 12.7 Å². The van der Waals surface area contributed by atoms with Gasteiger partial charge in [0.15, 0.2) is 5.96 Å². The minimum absolute atomic E-state index is 0. The molecule has 2 aliphatic heterocycles. The molecule has 2 aliphatic rings. The standard InChI is InChI=1S/C22H37N5O2S.HI/c1-18-15-21(11-12-26(18)17-20-7-5-4-6-8-20)25-22(23-2)24-16-19-9-13-27(14-10-19)30(3,28)29;/h4-8,18-19,21H,9-17H2,1-3H3,(H2,23,24,25);1H. The van der Waals surface area contributed by atoms with Gasteiger partial charge in [0.25, 0.3) is 0 Å². The summed E-state index contributed by atoms with van der Waals surface area (Å²) in [7, 11) is -1.25. The lowest BCUT2D eigenvalue weighted by atomic mass is 9.97. The monoisotopic (exact) mass is 563 g/mol. The molecule has 0 aliphatic carbocycles. The van der Waals surface area contributed by atoms with E-state index >= 15 is 0 Å². The largest absolute Gasteiger partial charge is 0.356 e. The molecule has 0 bridgehead atoms. The van der Waals surface area contributed by atoms with Crippen LogP contribution in [0, 0.1) is 5.92 Å². The maximum absolute atomic E-state index is 11.7. The lowest BCUT2D eigenvalue weighted by molar-refractivity contribution is 0.134. The summed E-state index contributed by atoms with van der Waals surface area (Å²) in [4.78, 5) is 6.96. The minimum atomic E-state index is -3.06. The Hall–Kier alpha value is -0.910. The van der Waals surface area contributed by atoms with Crippen LogP contribution >= 0.6 is 24.0 Å². The smallest absolute Gasteiger partial charge is 0.211 e. The average molecular weight is 564 g/mol. The molecule has 2 saturated heterocycles. The van der Waals surface area contributed by atoms with E-state index in [0.29, 0.717) is 31.1 Å². The predicted octanol–water partition coefficient (Wildman–Crippen LogP) is 2.49. The van der Waals surface area contributed by atoms with Crippen LogP contribution in [0.1, 0.15) is 38.2 Å². The molecule has 2 atom stereocenters. The first-order valence-electron chi connectivity index (χ1n) is 11.1. The van der Waals surface area contributed by atoms with Crippen molar-refractivity contribution in [2.45, 2.75) is 51.2 Å². The molecule has 3 rings (SSSR count). The van der Waals surface area contributed by atoms with Crippen LogP contribution in [0.25, 0.3) is 0 Å². The fourth-order valence-electron chi connectivity index (χ4n) is 4.48. The Morgan fingerprint density at radius 1 is 1.13 bits per heavy atom. The van der Waals surface area contributed by atoms with Crippen LogP contribution in [0.15, 0.2) is 35.3 Å². The highest BCUT2D eigenvalue weighted by molar-refractivity contribution is 14.0. The molecule has 7 nitrogen and oxygen atoms in total.